The van der Waals surface area contributed by atoms with E-state index in [0.29, 0.717) is 0 Å². The van der Waals surface area contributed by atoms with Crippen LogP contribution in [0.3, 0.4) is 0 Å². The van der Waals surface area contributed by atoms with Crippen molar-refractivity contribution < 1.29 is 4.74 Å². The predicted octanol–water partition coefficient (Wildman–Crippen LogP) is 7.36. The van der Waals surface area contributed by atoms with E-state index in [1.807, 2.05) is 30.3 Å². The second kappa shape index (κ2) is 14.6. The summed E-state index contributed by atoms with van der Waals surface area (Å²) in [6, 6.07) is 10.0. The van der Waals surface area contributed by atoms with Gasteiger partial charge >= 0.3 is 0 Å². The van der Waals surface area contributed by atoms with Crippen LogP contribution in [0.4, 0.5) is 0 Å². The van der Waals surface area contributed by atoms with Gasteiger partial charge in [0, 0.05) is 0 Å². The maximum Gasteiger partial charge on any atom is 0.119 e. The predicted molar refractivity (Wildman–Crippen MR) is 102 cm³/mol. The third-order valence-electron chi connectivity index (χ3n) is 4.43. The summed E-state index contributed by atoms with van der Waals surface area (Å²) in [7, 11) is 0. The van der Waals surface area contributed by atoms with E-state index < -0.39 is 0 Å². The molecule has 1 atom stereocenters. The summed E-state index contributed by atoms with van der Waals surface area (Å²) in [4.78, 5) is 0. The standard InChI is InChI=1S/C22H37O/c1-3-4-5-6-7-8-9-10-11-12-13-15-18-21(2)23-22-19-16-14-17-20-22/h14,16-17,19-21H,2-13,15,18H2,1H3. The van der Waals surface area contributed by atoms with Crippen molar-refractivity contribution in [2.45, 2.75) is 96.5 Å². The van der Waals surface area contributed by atoms with Gasteiger partial charge in [-0.15, -0.1) is 0 Å². The summed E-state index contributed by atoms with van der Waals surface area (Å²) in [6.45, 7) is 6.38. The molecule has 1 heteroatoms. The summed E-state index contributed by atoms with van der Waals surface area (Å²) in [6.07, 6.45) is 17.9. The molecule has 1 nitrogen and oxygen atoms in total. The second-order valence-corrected chi connectivity index (χ2v) is 6.73. The van der Waals surface area contributed by atoms with Gasteiger partial charge in [-0.2, -0.15) is 0 Å². The van der Waals surface area contributed by atoms with Crippen LogP contribution in [0.15, 0.2) is 30.3 Å². The Bertz CT molecular complexity index is 346. The van der Waals surface area contributed by atoms with Gasteiger partial charge in [0.25, 0.3) is 0 Å². The fourth-order valence-electron chi connectivity index (χ4n) is 2.96. The molecular formula is C22H37O. The minimum atomic E-state index is 0.0838. The molecule has 0 amide bonds. The topological polar surface area (TPSA) is 9.23 Å². The maximum atomic E-state index is 5.80. The zero-order valence-corrected chi connectivity index (χ0v) is 15.3. The van der Waals surface area contributed by atoms with Crippen LogP contribution >= 0.6 is 0 Å². The lowest BCUT2D eigenvalue weighted by molar-refractivity contribution is 0.231. The maximum absolute atomic E-state index is 5.80. The number of benzene rings is 1. The molecule has 0 saturated heterocycles. The van der Waals surface area contributed by atoms with E-state index in [1.54, 1.807) is 0 Å². The van der Waals surface area contributed by atoms with E-state index in [0.717, 1.165) is 12.2 Å². The normalized spacial score (nSPS) is 12.3. The number of hydrogen-bond acceptors (Lipinski definition) is 1. The molecule has 1 unspecified atom stereocenters. The van der Waals surface area contributed by atoms with Gasteiger partial charge in [0.1, 0.15) is 5.75 Å². The Morgan fingerprint density at radius 2 is 1.22 bits per heavy atom. The first-order chi connectivity index (χ1) is 11.3. The van der Waals surface area contributed by atoms with Gasteiger partial charge in [-0.05, 0) is 31.9 Å². The van der Waals surface area contributed by atoms with E-state index in [-0.39, 0.29) is 6.10 Å². The second-order valence-electron chi connectivity index (χ2n) is 6.73. The van der Waals surface area contributed by atoms with Crippen LogP contribution in [-0.4, -0.2) is 6.10 Å². The van der Waals surface area contributed by atoms with Crippen molar-refractivity contribution in [2.24, 2.45) is 0 Å². The molecule has 0 fully saturated rings. The van der Waals surface area contributed by atoms with Gasteiger partial charge < -0.3 is 4.74 Å². The molecule has 0 spiro atoms. The molecule has 1 rings (SSSR count). The van der Waals surface area contributed by atoms with Crippen LogP contribution in [0.1, 0.15) is 90.4 Å². The number of hydrogen-bond donors (Lipinski definition) is 0. The fraction of sp³-hybridized carbons (Fsp3) is 0.682. The Morgan fingerprint density at radius 3 is 1.74 bits per heavy atom. The molecule has 0 aliphatic heterocycles. The number of ether oxygens (including phenoxy) is 1. The first-order valence-corrected chi connectivity index (χ1v) is 9.87. The van der Waals surface area contributed by atoms with Crippen molar-refractivity contribution in [3.63, 3.8) is 0 Å². The van der Waals surface area contributed by atoms with E-state index in [4.69, 9.17) is 4.74 Å². The van der Waals surface area contributed by atoms with E-state index in [2.05, 4.69) is 13.8 Å². The van der Waals surface area contributed by atoms with Crippen molar-refractivity contribution in [1.29, 1.82) is 0 Å². The third-order valence-corrected chi connectivity index (χ3v) is 4.43. The van der Waals surface area contributed by atoms with Crippen molar-refractivity contribution in [1.82, 2.24) is 0 Å². The molecule has 131 valence electrons. The Labute approximate surface area is 144 Å². The van der Waals surface area contributed by atoms with Crippen LogP contribution in [0.2, 0.25) is 0 Å². The molecule has 0 heterocycles. The van der Waals surface area contributed by atoms with Gasteiger partial charge in [0.2, 0.25) is 0 Å². The molecular weight excluding hydrogens is 280 g/mol. The van der Waals surface area contributed by atoms with Crippen molar-refractivity contribution in [3.05, 3.63) is 37.3 Å². The quantitative estimate of drug-likeness (QED) is 0.307. The molecule has 0 N–H and O–H groups in total. The van der Waals surface area contributed by atoms with Gasteiger partial charge in [-0.3, -0.25) is 0 Å². The van der Waals surface area contributed by atoms with Gasteiger partial charge in [-0.1, -0.05) is 95.8 Å². The highest BCUT2D eigenvalue weighted by atomic mass is 16.5. The van der Waals surface area contributed by atoms with Crippen molar-refractivity contribution in [3.8, 4) is 5.75 Å². The minimum absolute atomic E-state index is 0.0838. The largest absolute Gasteiger partial charge is 0.490 e. The lowest BCUT2D eigenvalue weighted by atomic mass is 10.0. The van der Waals surface area contributed by atoms with E-state index >= 15 is 0 Å². The van der Waals surface area contributed by atoms with Crippen molar-refractivity contribution >= 4 is 0 Å². The molecule has 0 bridgehead atoms. The molecule has 0 aliphatic rings. The highest BCUT2D eigenvalue weighted by Crippen LogP contribution is 2.16. The highest BCUT2D eigenvalue weighted by molar-refractivity contribution is 5.21. The first kappa shape index (κ1) is 20.1. The zero-order chi connectivity index (χ0) is 16.6. The number of unbranched alkanes of at least 4 members (excludes halogenated alkanes) is 11. The SMILES string of the molecule is [CH2]C(CCCCCCCCCCCCCC)Oc1ccccc1. The lowest BCUT2D eigenvalue weighted by Crippen LogP contribution is -2.11. The average Bonchev–Trinajstić information content (AvgIpc) is 2.57. The van der Waals surface area contributed by atoms with Gasteiger partial charge in [0.05, 0.1) is 6.10 Å². The van der Waals surface area contributed by atoms with Crippen LogP contribution in [0.5, 0.6) is 5.75 Å². The van der Waals surface area contributed by atoms with Gasteiger partial charge in [0.15, 0.2) is 0 Å². The summed E-state index contributed by atoms with van der Waals surface area (Å²) in [5.74, 6) is 0.937. The Hall–Kier alpha value is -0.980. The molecule has 1 aromatic carbocycles. The smallest absolute Gasteiger partial charge is 0.119 e. The van der Waals surface area contributed by atoms with Crippen LogP contribution < -0.4 is 4.74 Å². The Morgan fingerprint density at radius 1 is 0.739 bits per heavy atom. The molecule has 23 heavy (non-hydrogen) atoms. The third kappa shape index (κ3) is 12.1. The Kier molecular flexibility index (Phi) is 12.7. The Balaban J connectivity index is 1.82. The molecule has 0 aliphatic carbocycles. The average molecular weight is 318 g/mol. The number of para-hydroxylation sites is 1. The van der Waals surface area contributed by atoms with E-state index in [1.165, 1.54) is 77.0 Å². The monoisotopic (exact) mass is 317 g/mol. The summed E-state index contributed by atoms with van der Waals surface area (Å²) in [5, 5.41) is 0. The van der Waals surface area contributed by atoms with Crippen LogP contribution in [0.25, 0.3) is 0 Å². The summed E-state index contributed by atoms with van der Waals surface area (Å²) >= 11 is 0. The van der Waals surface area contributed by atoms with E-state index in [9.17, 15) is 0 Å². The molecule has 1 aromatic rings. The van der Waals surface area contributed by atoms with Crippen LogP contribution in [-0.2, 0) is 0 Å². The molecule has 0 aromatic heterocycles. The summed E-state index contributed by atoms with van der Waals surface area (Å²) < 4.78 is 5.80. The fourth-order valence-corrected chi connectivity index (χ4v) is 2.96. The van der Waals surface area contributed by atoms with Gasteiger partial charge in [-0.25, -0.2) is 0 Å². The molecule has 1 radical (unpaired) electrons. The van der Waals surface area contributed by atoms with Crippen LogP contribution in [0, 0.1) is 6.92 Å². The lowest BCUT2D eigenvalue weighted by Gasteiger charge is -2.14. The summed E-state index contributed by atoms with van der Waals surface area (Å²) in [5.41, 5.74) is 0. The minimum Gasteiger partial charge on any atom is -0.490 e. The number of rotatable bonds is 15. The molecule has 0 saturated carbocycles. The highest BCUT2D eigenvalue weighted by Gasteiger charge is 2.03. The zero-order valence-electron chi connectivity index (χ0n) is 15.3. The van der Waals surface area contributed by atoms with Crippen molar-refractivity contribution in [2.75, 3.05) is 0 Å². The first-order valence-electron chi connectivity index (χ1n) is 9.87.